The monoisotopic (exact) mass is 390 g/mol. The normalized spacial score (nSPS) is 10.7. The molecule has 0 spiro atoms. The summed E-state index contributed by atoms with van der Waals surface area (Å²) < 4.78 is 21.9. The van der Waals surface area contributed by atoms with Crippen LogP contribution in [0.4, 0.5) is 0 Å². The highest BCUT2D eigenvalue weighted by molar-refractivity contribution is 9.10. The number of rotatable bonds is 4. The van der Waals surface area contributed by atoms with Crippen molar-refractivity contribution in [2.45, 2.75) is 0 Å². The summed E-state index contributed by atoms with van der Waals surface area (Å²) in [7, 11) is 4.69. The Morgan fingerprint density at radius 3 is 2.25 bits per heavy atom. The number of benzene rings is 2. The Hall–Kier alpha value is -2.47. The van der Waals surface area contributed by atoms with Crippen LogP contribution in [0.1, 0.15) is 0 Å². The summed E-state index contributed by atoms with van der Waals surface area (Å²) in [5.74, 6) is 1.79. The van der Waals surface area contributed by atoms with Crippen LogP contribution in [-0.2, 0) is 0 Å². The molecular weight excluding hydrogens is 376 g/mol. The van der Waals surface area contributed by atoms with Gasteiger partial charge in [-0.2, -0.15) is 0 Å². The Morgan fingerprint density at radius 2 is 1.58 bits per heavy atom. The first-order valence-electron chi connectivity index (χ1n) is 7.11. The molecule has 0 unspecified atom stereocenters. The topological polar surface area (TPSA) is 57.9 Å². The lowest BCUT2D eigenvalue weighted by molar-refractivity contribution is 0.355. The molecule has 24 heavy (non-hydrogen) atoms. The van der Waals surface area contributed by atoms with Gasteiger partial charge in [0.25, 0.3) is 0 Å². The van der Waals surface area contributed by atoms with Gasteiger partial charge in [0.15, 0.2) is 11.5 Å². The molecule has 5 nitrogen and oxygen atoms in total. The van der Waals surface area contributed by atoms with Crippen LogP contribution in [0.15, 0.2) is 50.1 Å². The molecule has 3 aromatic rings. The summed E-state index contributed by atoms with van der Waals surface area (Å²) in [5, 5.41) is 0.769. The van der Waals surface area contributed by atoms with E-state index in [4.69, 9.17) is 18.6 Å². The van der Waals surface area contributed by atoms with Gasteiger partial charge >= 0.3 is 5.63 Å². The fraction of sp³-hybridized carbons (Fsp3) is 0.167. The van der Waals surface area contributed by atoms with Gasteiger partial charge in [-0.25, -0.2) is 4.79 Å². The summed E-state index contributed by atoms with van der Waals surface area (Å²) in [6.07, 6.45) is 0. The largest absolute Gasteiger partial charge is 0.497 e. The summed E-state index contributed by atoms with van der Waals surface area (Å²) in [6.45, 7) is 0. The van der Waals surface area contributed by atoms with Gasteiger partial charge in [0, 0.05) is 15.4 Å². The minimum absolute atomic E-state index is 0.420. The third-order valence-electron chi connectivity index (χ3n) is 3.70. The average molecular weight is 391 g/mol. The number of hydrogen-bond acceptors (Lipinski definition) is 5. The standard InChI is InChI=1S/C18H15BrO5/c1-21-11-4-5-15-10(6-11)7-13(18(20)24-15)12-8-16(22-2)17(23-3)9-14(12)19/h4-9H,1-3H3. The molecule has 0 saturated carbocycles. The smallest absolute Gasteiger partial charge is 0.344 e. The zero-order valence-electron chi connectivity index (χ0n) is 13.4. The van der Waals surface area contributed by atoms with E-state index < -0.39 is 5.63 Å². The van der Waals surface area contributed by atoms with Crippen molar-refractivity contribution in [1.82, 2.24) is 0 Å². The van der Waals surface area contributed by atoms with Crippen molar-refractivity contribution < 1.29 is 18.6 Å². The molecule has 0 N–H and O–H groups in total. The van der Waals surface area contributed by atoms with Crippen molar-refractivity contribution in [3.05, 3.63) is 51.3 Å². The van der Waals surface area contributed by atoms with E-state index in [1.807, 2.05) is 6.07 Å². The molecule has 0 aliphatic heterocycles. The van der Waals surface area contributed by atoms with Crippen molar-refractivity contribution >= 4 is 26.9 Å². The van der Waals surface area contributed by atoms with Gasteiger partial charge in [-0.15, -0.1) is 0 Å². The van der Waals surface area contributed by atoms with Crippen molar-refractivity contribution in [2.24, 2.45) is 0 Å². The maximum absolute atomic E-state index is 12.4. The van der Waals surface area contributed by atoms with Gasteiger partial charge in [-0.1, -0.05) is 15.9 Å². The van der Waals surface area contributed by atoms with E-state index in [-0.39, 0.29) is 0 Å². The SMILES string of the molecule is COc1ccc2oc(=O)c(-c3cc(OC)c(OC)cc3Br)cc2c1. The van der Waals surface area contributed by atoms with Crippen molar-refractivity contribution in [2.75, 3.05) is 21.3 Å². The molecule has 0 atom stereocenters. The van der Waals surface area contributed by atoms with Crippen molar-refractivity contribution in [3.8, 4) is 28.4 Å². The highest BCUT2D eigenvalue weighted by Gasteiger charge is 2.15. The van der Waals surface area contributed by atoms with Crippen molar-refractivity contribution in [3.63, 3.8) is 0 Å². The predicted molar refractivity (Wildman–Crippen MR) is 95.3 cm³/mol. The lowest BCUT2D eigenvalue weighted by Crippen LogP contribution is -2.04. The summed E-state index contributed by atoms with van der Waals surface area (Å²) in [5.41, 5.74) is 1.15. The minimum Gasteiger partial charge on any atom is -0.497 e. The quantitative estimate of drug-likeness (QED) is 0.623. The zero-order valence-corrected chi connectivity index (χ0v) is 15.0. The summed E-state index contributed by atoms with van der Waals surface area (Å²) >= 11 is 3.47. The third-order valence-corrected chi connectivity index (χ3v) is 4.36. The van der Waals surface area contributed by atoms with E-state index in [0.29, 0.717) is 38.4 Å². The molecule has 0 aliphatic rings. The molecule has 2 aromatic carbocycles. The van der Waals surface area contributed by atoms with Crippen LogP contribution in [0, 0.1) is 0 Å². The Kier molecular flexibility index (Phi) is 4.49. The molecule has 0 radical (unpaired) electrons. The molecule has 1 aromatic heterocycles. The van der Waals surface area contributed by atoms with Crippen LogP contribution in [0.5, 0.6) is 17.2 Å². The number of methoxy groups -OCH3 is 3. The maximum Gasteiger partial charge on any atom is 0.344 e. The first kappa shape index (κ1) is 16.4. The molecule has 124 valence electrons. The molecule has 0 fully saturated rings. The van der Waals surface area contributed by atoms with E-state index >= 15 is 0 Å². The van der Waals surface area contributed by atoms with Crippen LogP contribution in [-0.4, -0.2) is 21.3 Å². The Morgan fingerprint density at radius 1 is 0.875 bits per heavy atom. The Bertz CT molecular complexity index is 962. The van der Waals surface area contributed by atoms with Crippen LogP contribution in [0.3, 0.4) is 0 Å². The fourth-order valence-corrected chi connectivity index (χ4v) is 3.01. The van der Waals surface area contributed by atoms with Crippen LogP contribution in [0.2, 0.25) is 0 Å². The first-order valence-corrected chi connectivity index (χ1v) is 7.90. The highest BCUT2D eigenvalue weighted by atomic mass is 79.9. The van der Waals surface area contributed by atoms with E-state index in [0.717, 1.165) is 5.39 Å². The molecule has 0 aliphatic carbocycles. The number of fused-ring (bicyclic) bond motifs is 1. The minimum atomic E-state index is -0.430. The second kappa shape index (κ2) is 6.57. The van der Waals surface area contributed by atoms with Crippen LogP contribution >= 0.6 is 15.9 Å². The van der Waals surface area contributed by atoms with E-state index in [9.17, 15) is 4.79 Å². The molecule has 6 heteroatoms. The molecular formula is C18H15BrO5. The van der Waals surface area contributed by atoms with Gasteiger partial charge in [0.2, 0.25) is 0 Å². The first-order chi connectivity index (χ1) is 11.6. The molecule has 0 saturated heterocycles. The van der Waals surface area contributed by atoms with Crippen LogP contribution in [0.25, 0.3) is 22.1 Å². The van der Waals surface area contributed by atoms with Crippen molar-refractivity contribution in [1.29, 1.82) is 0 Å². The molecule has 3 rings (SSSR count). The second-order valence-corrected chi connectivity index (χ2v) is 5.89. The number of halogens is 1. The van der Waals surface area contributed by atoms with Gasteiger partial charge in [0.05, 0.1) is 26.9 Å². The number of ether oxygens (including phenoxy) is 3. The van der Waals surface area contributed by atoms with Gasteiger partial charge in [0.1, 0.15) is 11.3 Å². The maximum atomic E-state index is 12.4. The Balaban J connectivity index is 2.25. The summed E-state index contributed by atoms with van der Waals surface area (Å²) in [6, 6.07) is 10.5. The van der Waals surface area contributed by atoms with Crippen LogP contribution < -0.4 is 19.8 Å². The van der Waals surface area contributed by atoms with E-state index in [2.05, 4.69) is 15.9 Å². The highest BCUT2D eigenvalue weighted by Crippen LogP contribution is 2.38. The predicted octanol–water partition coefficient (Wildman–Crippen LogP) is 4.25. The summed E-state index contributed by atoms with van der Waals surface area (Å²) in [4.78, 5) is 12.4. The lowest BCUT2D eigenvalue weighted by atomic mass is 10.1. The average Bonchev–Trinajstić information content (AvgIpc) is 2.60. The van der Waals surface area contributed by atoms with E-state index in [1.165, 1.54) is 0 Å². The fourth-order valence-electron chi connectivity index (χ4n) is 2.48. The Labute approximate surface area is 146 Å². The van der Waals surface area contributed by atoms with Gasteiger partial charge in [-0.05, 0) is 36.4 Å². The molecule has 0 bridgehead atoms. The zero-order chi connectivity index (χ0) is 17.3. The number of hydrogen-bond donors (Lipinski definition) is 0. The lowest BCUT2D eigenvalue weighted by Gasteiger charge is -2.12. The molecule has 1 heterocycles. The second-order valence-electron chi connectivity index (χ2n) is 5.04. The molecule has 0 amide bonds. The van der Waals surface area contributed by atoms with E-state index in [1.54, 1.807) is 51.7 Å². The van der Waals surface area contributed by atoms with Gasteiger partial charge in [-0.3, -0.25) is 0 Å². The van der Waals surface area contributed by atoms with Gasteiger partial charge < -0.3 is 18.6 Å². The third kappa shape index (κ3) is 2.85.